The smallest absolute Gasteiger partial charge is 0.0642 e. The zero-order valence-corrected chi connectivity index (χ0v) is 9.69. The molecule has 1 aromatic rings. The average Bonchev–Trinajstić information content (AvgIpc) is 2.29. The van der Waals surface area contributed by atoms with Crippen LogP contribution in [0.2, 0.25) is 0 Å². The molecule has 1 aromatic heterocycles. The summed E-state index contributed by atoms with van der Waals surface area (Å²) in [6.07, 6.45) is 4.25. The normalized spacial score (nSPS) is 13.1. The predicted molar refractivity (Wildman–Crippen MR) is 63.6 cm³/mol. The highest BCUT2D eigenvalue weighted by molar-refractivity contribution is 5.09. The van der Waals surface area contributed by atoms with Gasteiger partial charge in [0.2, 0.25) is 0 Å². The molecule has 0 spiro atoms. The molecule has 0 fully saturated rings. The Morgan fingerprint density at radius 3 is 2.80 bits per heavy atom. The van der Waals surface area contributed by atoms with Gasteiger partial charge in [0.1, 0.15) is 0 Å². The highest BCUT2D eigenvalue weighted by atomic mass is 15.1. The second-order valence-electron chi connectivity index (χ2n) is 3.84. The molecule has 0 amide bonds. The van der Waals surface area contributed by atoms with Gasteiger partial charge in [0.05, 0.1) is 11.7 Å². The fraction of sp³-hybridized carbons (Fsp3) is 0.583. The molecule has 0 saturated heterocycles. The van der Waals surface area contributed by atoms with Crippen LogP contribution in [0, 0.1) is 0 Å². The van der Waals surface area contributed by atoms with Crippen molar-refractivity contribution < 1.29 is 0 Å². The van der Waals surface area contributed by atoms with Gasteiger partial charge in [-0.3, -0.25) is 9.88 Å². The molecule has 84 valence electrons. The molecule has 0 radical (unpaired) electrons. The Labute approximate surface area is 92.3 Å². The third kappa shape index (κ3) is 3.61. The summed E-state index contributed by atoms with van der Waals surface area (Å²) < 4.78 is 0. The standard InChI is InChI=1S/C12H21N3/c1-3-4-9-15(2)12(10-13)11-7-5-6-8-14-11/h5-8,12H,3-4,9-10,13H2,1-2H3. The van der Waals surface area contributed by atoms with Gasteiger partial charge >= 0.3 is 0 Å². The Hall–Kier alpha value is -0.930. The van der Waals surface area contributed by atoms with Crippen molar-refractivity contribution in [1.82, 2.24) is 9.88 Å². The molecule has 0 bridgehead atoms. The van der Waals surface area contributed by atoms with Crippen molar-refractivity contribution in [2.45, 2.75) is 25.8 Å². The largest absolute Gasteiger partial charge is 0.329 e. The lowest BCUT2D eigenvalue weighted by Gasteiger charge is -2.26. The Bertz CT molecular complexity index is 261. The van der Waals surface area contributed by atoms with Crippen LogP contribution in [0.5, 0.6) is 0 Å². The fourth-order valence-electron chi connectivity index (χ4n) is 1.66. The van der Waals surface area contributed by atoms with E-state index in [0.717, 1.165) is 12.2 Å². The van der Waals surface area contributed by atoms with Crippen LogP contribution in [0.15, 0.2) is 24.4 Å². The molecule has 1 heterocycles. The summed E-state index contributed by atoms with van der Waals surface area (Å²) in [6, 6.07) is 6.24. The summed E-state index contributed by atoms with van der Waals surface area (Å²) in [5.41, 5.74) is 6.86. The van der Waals surface area contributed by atoms with Crippen LogP contribution in [-0.4, -0.2) is 30.0 Å². The van der Waals surface area contributed by atoms with E-state index in [9.17, 15) is 0 Å². The van der Waals surface area contributed by atoms with Gasteiger partial charge in [-0.1, -0.05) is 19.4 Å². The molecule has 15 heavy (non-hydrogen) atoms. The Morgan fingerprint density at radius 1 is 1.47 bits per heavy atom. The Kier molecular flexibility index (Phi) is 5.29. The molecule has 0 aliphatic heterocycles. The first-order valence-electron chi connectivity index (χ1n) is 5.60. The van der Waals surface area contributed by atoms with Gasteiger partial charge in [0, 0.05) is 12.7 Å². The summed E-state index contributed by atoms with van der Waals surface area (Å²) in [4.78, 5) is 6.64. The van der Waals surface area contributed by atoms with Crippen molar-refractivity contribution in [1.29, 1.82) is 0 Å². The van der Waals surface area contributed by atoms with Crippen molar-refractivity contribution in [3.8, 4) is 0 Å². The van der Waals surface area contributed by atoms with E-state index < -0.39 is 0 Å². The van der Waals surface area contributed by atoms with Gasteiger partial charge in [-0.15, -0.1) is 0 Å². The molecule has 2 N–H and O–H groups in total. The predicted octanol–water partition coefficient (Wildman–Crippen LogP) is 1.81. The topological polar surface area (TPSA) is 42.1 Å². The molecule has 0 aliphatic rings. The number of aromatic nitrogens is 1. The van der Waals surface area contributed by atoms with E-state index >= 15 is 0 Å². The lowest BCUT2D eigenvalue weighted by molar-refractivity contribution is 0.242. The van der Waals surface area contributed by atoms with Crippen molar-refractivity contribution in [3.63, 3.8) is 0 Å². The molecule has 1 rings (SSSR count). The zero-order valence-electron chi connectivity index (χ0n) is 9.69. The number of likely N-dealkylation sites (N-methyl/N-ethyl adjacent to an activating group) is 1. The van der Waals surface area contributed by atoms with E-state index in [1.54, 1.807) is 0 Å². The zero-order chi connectivity index (χ0) is 11.1. The molecule has 3 heteroatoms. The summed E-state index contributed by atoms with van der Waals surface area (Å²) >= 11 is 0. The maximum Gasteiger partial charge on any atom is 0.0642 e. The number of rotatable bonds is 6. The lowest BCUT2D eigenvalue weighted by Crippen LogP contribution is -2.31. The SMILES string of the molecule is CCCCN(C)C(CN)c1ccccn1. The van der Waals surface area contributed by atoms with E-state index in [2.05, 4.69) is 23.9 Å². The number of nitrogens with zero attached hydrogens (tertiary/aromatic N) is 2. The Morgan fingerprint density at radius 2 is 2.27 bits per heavy atom. The first-order chi connectivity index (χ1) is 7.29. The van der Waals surface area contributed by atoms with E-state index in [1.807, 2.05) is 24.4 Å². The van der Waals surface area contributed by atoms with Crippen molar-refractivity contribution in [3.05, 3.63) is 30.1 Å². The molecule has 3 nitrogen and oxygen atoms in total. The monoisotopic (exact) mass is 207 g/mol. The first kappa shape index (κ1) is 12.1. The number of unbranched alkanes of at least 4 members (excludes halogenated alkanes) is 1. The number of pyridine rings is 1. The first-order valence-corrected chi connectivity index (χ1v) is 5.60. The summed E-state index contributed by atoms with van der Waals surface area (Å²) in [5, 5.41) is 0. The molecule has 0 saturated carbocycles. The van der Waals surface area contributed by atoms with E-state index in [0.29, 0.717) is 6.54 Å². The molecule has 1 atom stereocenters. The molecule has 0 aromatic carbocycles. The van der Waals surface area contributed by atoms with E-state index in [1.165, 1.54) is 12.8 Å². The van der Waals surface area contributed by atoms with Crippen LogP contribution in [0.25, 0.3) is 0 Å². The summed E-state index contributed by atoms with van der Waals surface area (Å²) in [6.45, 7) is 3.90. The minimum Gasteiger partial charge on any atom is -0.329 e. The third-order valence-electron chi connectivity index (χ3n) is 2.65. The fourth-order valence-corrected chi connectivity index (χ4v) is 1.66. The number of hydrogen-bond donors (Lipinski definition) is 1. The van der Waals surface area contributed by atoms with Gasteiger partial charge < -0.3 is 5.73 Å². The molecule has 1 unspecified atom stereocenters. The second-order valence-corrected chi connectivity index (χ2v) is 3.84. The van der Waals surface area contributed by atoms with Gasteiger partial charge in [-0.25, -0.2) is 0 Å². The van der Waals surface area contributed by atoms with Crippen molar-refractivity contribution in [2.75, 3.05) is 20.1 Å². The van der Waals surface area contributed by atoms with E-state index in [-0.39, 0.29) is 6.04 Å². The minimum atomic E-state index is 0.248. The maximum atomic E-state index is 5.80. The van der Waals surface area contributed by atoms with Gasteiger partial charge in [-0.2, -0.15) is 0 Å². The minimum absolute atomic E-state index is 0.248. The van der Waals surface area contributed by atoms with E-state index in [4.69, 9.17) is 5.73 Å². The summed E-state index contributed by atoms with van der Waals surface area (Å²) in [5.74, 6) is 0. The molecule has 0 aliphatic carbocycles. The maximum absolute atomic E-state index is 5.80. The van der Waals surface area contributed by atoms with Crippen molar-refractivity contribution >= 4 is 0 Å². The van der Waals surface area contributed by atoms with Crippen molar-refractivity contribution in [2.24, 2.45) is 5.73 Å². The van der Waals surface area contributed by atoms with Crippen LogP contribution < -0.4 is 5.73 Å². The molecular formula is C12H21N3. The number of nitrogens with two attached hydrogens (primary N) is 1. The highest BCUT2D eigenvalue weighted by Gasteiger charge is 2.15. The van der Waals surface area contributed by atoms with Crippen LogP contribution in [0.1, 0.15) is 31.5 Å². The van der Waals surface area contributed by atoms with Crippen LogP contribution in [0.4, 0.5) is 0 Å². The van der Waals surface area contributed by atoms with Gasteiger partial charge in [0.15, 0.2) is 0 Å². The van der Waals surface area contributed by atoms with Crippen LogP contribution in [0.3, 0.4) is 0 Å². The quantitative estimate of drug-likeness (QED) is 0.773. The molecular weight excluding hydrogens is 186 g/mol. The van der Waals surface area contributed by atoms with Crippen LogP contribution in [-0.2, 0) is 0 Å². The van der Waals surface area contributed by atoms with Gasteiger partial charge in [-0.05, 0) is 32.1 Å². The third-order valence-corrected chi connectivity index (χ3v) is 2.65. The number of hydrogen-bond acceptors (Lipinski definition) is 3. The van der Waals surface area contributed by atoms with Crippen LogP contribution >= 0.6 is 0 Å². The Balaban J connectivity index is 2.63. The summed E-state index contributed by atoms with van der Waals surface area (Å²) in [7, 11) is 2.11. The highest BCUT2D eigenvalue weighted by Crippen LogP contribution is 2.15. The lowest BCUT2D eigenvalue weighted by atomic mass is 10.1. The van der Waals surface area contributed by atoms with Gasteiger partial charge in [0.25, 0.3) is 0 Å². The average molecular weight is 207 g/mol. The second kappa shape index (κ2) is 6.53.